The predicted molar refractivity (Wildman–Crippen MR) is 127 cm³/mol. The molecule has 1 heterocycles. The number of benzene rings is 2. The lowest BCUT2D eigenvalue weighted by atomic mass is 9.79. The van der Waals surface area contributed by atoms with Crippen LogP contribution in [0.3, 0.4) is 0 Å². The molecule has 0 fully saturated rings. The van der Waals surface area contributed by atoms with Crippen LogP contribution in [0.4, 0.5) is 0 Å². The molecule has 0 aliphatic heterocycles. The molecule has 0 saturated carbocycles. The van der Waals surface area contributed by atoms with Gasteiger partial charge in [0.2, 0.25) is 10.0 Å². The van der Waals surface area contributed by atoms with Crippen LogP contribution in [0, 0.1) is 0 Å². The first-order valence-corrected chi connectivity index (χ1v) is 13.3. The lowest BCUT2D eigenvalue weighted by molar-refractivity contribution is 0.322. The van der Waals surface area contributed by atoms with E-state index in [1.54, 1.807) is 17.5 Å². The maximum atomic E-state index is 12.2. The first kappa shape index (κ1) is 22.6. The highest BCUT2D eigenvalue weighted by Gasteiger charge is 2.22. The summed E-state index contributed by atoms with van der Waals surface area (Å²) in [7, 11) is -3.47. The molecule has 1 aliphatic rings. The maximum Gasteiger partial charge on any atom is 0.250 e. The highest BCUT2D eigenvalue weighted by Crippen LogP contribution is 2.37. The van der Waals surface area contributed by atoms with Crippen molar-refractivity contribution in [1.29, 1.82) is 0 Å². The van der Waals surface area contributed by atoms with Crippen LogP contribution in [0.15, 0.2) is 58.1 Å². The Kier molecular flexibility index (Phi) is 7.24. The average molecular weight is 496 g/mol. The number of rotatable bonds is 8. The molecular formula is C23H23Cl2NO3S2. The van der Waals surface area contributed by atoms with Gasteiger partial charge in [0.25, 0.3) is 0 Å². The zero-order valence-corrected chi connectivity index (χ0v) is 20.0. The lowest BCUT2D eigenvalue weighted by Crippen LogP contribution is -2.27. The fourth-order valence-electron chi connectivity index (χ4n) is 3.96. The summed E-state index contributed by atoms with van der Waals surface area (Å²) in [5.74, 6) is 1.15. The van der Waals surface area contributed by atoms with E-state index in [9.17, 15) is 8.42 Å². The van der Waals surface area contributed by atoms with Gasteiger partial charge in [-0.3, -0.25) is 0 Å². The topological polar surface area (TPSA) is 55.4 Å². The standard InChI is InChI=1S/C23H23Cl2NO3S2/c24-21-9-6-16(14-22(21)25)13-18-4-1-3-17-7-8-19(15-20(17)18)29-11-10-26-31(27,28)23-5-2-12-30-23/h2,5-9,12,14-15,18,26H,1,3-4,10-11,13H2. The molecule has 0 radical (unpaired) electrons. The second-order valence-corrected chi connectivity index (χ2v) is 11.3. The van der Waals surface area contributed by atoms with E-state index in [4.69, 9.17) is 27.9 Å². The van der Waals surface area contributed by atoms with Gasteiger partial charge in [0.15, 0.2) is 0 Å². The molecule has 1 aliphatic carbocycles. The molecular weight excluding hydrogens is 473 g/mol. The molecule has 3 aromatic rings. The summed E-state index contributed by atoms with van der Waals surface area (Å²) in [5.41, 5.74) is 3.82. The first-order valence-electron chi connectivity index (χ1n) is 10.1. The van der Waals surface area contributed by atoms with Gasteiger partial charge < -0.3 is 4.74 Å². The normalized spacial score (nSPS) is 16.1. The summed E-state index contributed by atoms with van der Waals surface area (Å²) in [6, 6.07) is 15.3. The molecule has 1 aromatic heterocycles. The third-order valence-electron chi connectivity index (χ3n) is 5.44. The summed E-state index contributed by atoms with van der Waals surface area (Å²) in [6.45, 7) is 0.477. The lowest BCUT2D eigenvalue weighted by Gasteiger charge is -2.26. The molecule has 0 saturated heterocycles. The van der Waals surface area contributed by atoms with E-state index < -0.39 is 10.0 Å². The van der Waals surface area contributed by atoms with Crippen LogP contribution in [-0.2, 0) is 22.9 Å². The fourth-order valence-corrected chi connectivity index (χ4v) is 6.33. The molecule has 1 N–H and O–H groups in total. The van der Waals surface area contributed by atoms with E-state index in [0.29, 0.717) is 20.2 Å². The van der Waals surface area contributed by atoms with Gasteiger partial charge in [-0.2, -0.15) is 0 Å². The third kappa shape index (κ3) is 5.62. The van der Waals surface area contributed by atoms with E-state index in [2.05, 4.69) is 16.9 Å². The molecule has 4 rings (SSSR count). The summed E-state index contributed by atoms with van der Waals surface area (Å²) in [6.07, 6.45) is 4.23. The highest BCUT2D eigenvalue weighted by molar-refractivity contribution is 7.91. The number of thiophene rings is 1. The molecule has 1 atom stereocenters. The Morgan fingerprint density at radius 2 is 1.97 bits per heavy atom. The van der Waals surface area contributed by atoms with Crippen molar-refractivity contribution in [3.05, 3.63) is 80.6 Å². The van der Waals surface area contributed by atoms with Crippen molar-refractivity contribution in [3.63, 3.8) is 0 Å². The van der Waals surface area contributed by atoms with Crippen LogP contribution < -0.4 is 9.46 Å². The second-order valence-electron chi connectivity index (χ2n) is 7.58. The quantitative estimate of drug-likeness (QED) is 0.385. The van der Waals surface area contributed by atoms with Gasteiger partial charge in [0, 0.05) is 6.54 Å². The van der Waals surface area contributed by atoms with Crippen molar-refractivity contribution >= 4 is 44.6 Å². The van der Waals surface area contributed by atoms with E-state index in [0.717, 1.165) is 31.4 Å². The largest absolute Gasteiger partial charge is 0.492 e. The highest BCUT2D eigenvalue weighted by atomic mass is 35.5. The van der Waals surface area contributed by atoms with Crippen molar-refractivity contribution in [2.24, 2.45) is 0 Å². The number of aryl methyl sites for hydroxylation is 1. The number of hydrogen-bond donors (Lipinski definition) is 1. The second kappa shape index (κ2) is 9.92. The van der Waals surface area contributed by atoms with Gasteiger partial charge in [-0.05, 0) is 84.0 Å². The minimum absolute atomic E-state index is 0.212. The monoisotopic (exact) mass is 495 g/mol. The van der Waals surface area contributed by atoms with E-state index >= 15 is 0 Å². The first-order chi connectivity index (χ1) is 14.9. The maximum absolute atomic E-state index is 12.2. The molecule has 0 spiro atoms. The number of nitrogens with one attached hydrogen (secondary N) is 1. The van der Waals surface area contributed by atoms with Crippen molar-refractivity contribution in [3.8, 4) is 5.75 Å². The molecule has 164 valence electrons. The van der Waals surface area contributed by atoms with Crippen molar-refractivity contribution in [2.75, 3.05) is 13.2 Å². The summed E-state index contributed by atoms with van der Waals surface area (Å²) < 4.78 is 33.1. The Morgan fingerprint density at radius 3 is 2.74 bits per heavy atom. The van der Waals surface area contributed by atoms with Gasteiger partial charge in [0.05, 0.1) is 10.0 Å². The van der Waals surface area contributed by atoms with Crippen LogP contribution >= 0.6 is 34.5 Å². The third-order valence-corrected chi connectivity index (χ3v) is 9.04. The Hall–Kier alpha value is -1.57. The van der Waals surface area contributed by atoms with E-state index in [-0.39, 0.29) is 13.2 Å². The van der Waals surface area contributed by atoms with Crippen LogP contribution in [-0.4, -0.2) is 21.6 Å². The molecule has 4 nitrogen and oxygen atoms in total. The summed E-state index contributed by atoms with van der Waals surface area (Å²) >= 11 is 13.4. The Labute approximate surface area is 197 Å². The Morgan fingerprint density at radius 1 is 1.10 bits per heavy atom. The minimum Gasteiger partial charge on any atom is -0.492 e. The number of hydrogen-bond acceptors (Lipinski definition) is 4. The molecule has 1 unspecified atom stereocenters. The average Bonchev–Trinajstić information content (AvgIpc) is 3.30. The SMILES string of the molecule is O=S(=O)(NCCOc1ccc2c(c1)C(Cc1ccc(Cl)c(Cl)c1)CCC2)c1cccs1. The number of ether oxygens (including phenoxy) is 1. The number of halogens is 2. The van der Waals surface area contributed by atoms with Crippen molar-refractivity contribution < 1.29 is 13.2 Å². The van der Waals surface area contributed by atoms with Gasteiger partial charge in [-0.25, -0.2) is 13.1 Å². The van der Waals surface area contributed by atoms with Crippen molar-refractivity contribution in [1.82, 2.24) is 4.72 Å². The number of fused-ring (bicyclic) bond motifs is 1. The Bertz CT molecular complexity index is 1150. The zero-order chi connectivity index (χ0) is 21.8. The zero-order valence-electron chi connectivity index (χ0n) is 16.8. The molecule has 2 aromatic carbocycles. The summed E-state index contributed by atoms with van der Waals surface area (Å²) in [4.78, 5) is 0. The van der Waals surface area contributed by atoms with E-state index in [1.807, 2.05) is 24.3 Å². The van der Waals surface area contributed by atoms with Gasteiger partial charge in [-0.15, -0.1) is 11.3 Å². The van der Waals surface area contributed by atoms with Crippen LogP contribution in [0.5, 0.6) is 5.75 Å². The molecule has 8 heteroatoms. The Balaban J connectivity index is 1.39. The van der Waals surface area contributed by atoms with Gasteiger partial charge >= 0.3 is 0 Å². The van der Waals surface area contributed by atoms with Gasteiger partial charge in [0.1, 0.15) is 16.6 Å². The number of sulfonamides is 1. The van der Waals surface area contributed by atoms with Crippen LogP contribution in [0.25, 0.3) is 0 Å². The molecule has 31 heavy (non-hydrogen) atoms. The van der Waals surface area contributed by atoms with Crippen LogP contribution in [0.1, 0.15) is 35.4 Å². The predicted octanol–water partition coefficient (Wildman–Crippen LogP) is 6.07. The van der Waals surface area contributed by atoms with E-state index in [1.165, 1.54) is 28.0 Å². The molecule has 0 amide bonds. The van der Waals surface area contributed by atoms with Crippen molar-refractivity contribution in [2.45, 2.75) is 35.8 Å². The smallest absolute Gasteiger partial charge is 0.250 e. The van der Waals surface area contributed by atoms with Gasteiger partial charge in [-0.1, -0.05) is 41.4 Å². The fraction of sp³-hybridized carbons (Fsp3) is 0.304. The minimum atomic E-state index is -3.47. The molecule has 0 bridgehead atoms. The summed E-state index contributed by atoms with van der Waals surface area (Å²) in [5, 5.41) is 2.89. The van der Waals surface area contributed by atoms with Crippen LogP contribution in [0.2, 0.25) is 10.0 Å².